The smallest absolute Gasteiger partial charge is 0.320 e. The highest BCUT2D eigenvalue weighted by Crippen LogP contribution is 2.09. The van der Waals surface area contributed by atoms with E-state index in [0.29, 0.717) is 0 Å². The molecule has 0 saturated heterocycles. The van der Waals surface area contributed by atoms with E-state index < -0.39 is 0 Å². The molecule has 0 aromatic heterocycles. The van der Waals surface area contributed by atoms with Crippen LogP contribution in [0.5, 0.6) is 0 Å². The molecule has 0 unspecified atom stereocenters. The van der Waals surface area contributed by atoms with Crippen molar-refractivity contribution in [3.8, 4) is 0 Å². The van der Waals surface area contributed by atoms with Gasteiger partial charge < -0.3 is 4.18 Å². The maximum Gasteiger partial charge on any atom is 0.320 e. The van der Waals surface area contributed by atoms with Gasteiger partial charge >= 0.3 is 5.97 Å². The normalized spacial score (nSPS) is 9.78. The SMILES string of the molecule is CCC(CC)C(=O)OS. The van der Waals surface area contributed by atoms with Crippen molar-refractivity contribution < 1.29 is 8.98 Å². The van der Waals surface area contributed by atoms with E-state index in [1.165, 1.54) is 0 Å². The van der Waals surface area contributed by atoms with Gasteiger partial charge in [0.05, 0.1) is 5.92 Å². The highest BCUT2D eigenvalue weighted by atomic mass is 32.1. The summed E-state index contributed by atoms with van der Waals surface area (Å²) in [4.78, 5) is 10.7. The average Bonchev–Trinajstić information content (AvgIpc) is 1.90. The fourth-order valence-corrected chi connectivity index (χ4v) is 0.846. The highest BCUT2D eigenvalue weighted by molar-refractivity contribution is 7.75. The Labute approximate surface area is 61.2 Å². The molecule has 0 rings (SSSR count). The second kappa shape index (κ2) is 4.68. The summed E-state index contributed by atoms with van der Waals surface area (Å²) in [6.45, 7) is 3.91. The number of thiol groups is 1. The second-order valence-electron chi connectivity index (χ2n) is 1.92. The molecule has 2 nitrogen and oxygen atoms in total. The molecule has 0 aliphatic heterocycles. The van der Waals surface area contributed by atoms with Crippen molar-refractivity contribution in [2.75, 3.05) is 0 Å². The van der Waals surface area contributed by atoms with Crippen LogP contribution in [0.15, 0.2) is 0 Å². The molecule has 0 saturated carbocycles. The summed E-state index contributed by atoms with van der Waals surface area (Å²) in [5.41, 5.74) is 0. The molecule has 0 bridgehead atoms. The zero-order valence-corrected chi connectivity index (χ0v) is 6.65. The van der Waals surface area contributed by atoms with E-state index in [1.54, 1.807) is 0 Å². The van der Waals surface area contributed by atoms with E-state index in [0.717, 1.165) is 12.8 Å². The minimum Gasteiger partial charge on any atom is -0.394 e. The molecule has 0 heterocycles. The maximum atomic E-state index is 10.7. The van der Waals surface area contributed by atoms with Crippen molar-refractivity contribution in [2.24, 2.45) is 5.92 Å². The minimum absolute atomic E-state index is 0.0301. The third kappa shape index (κ3) is 2.75. The van der Waals surface area contributed by atoms with Crippen LogP contribution < -0.4 is 0 Å². The standard InChI is InChI=1S/C6H12O2S/c1-3-5(4-2)6(7)8-9/h5,9H,3-4H2,1-2H3. The molecule has 0 aromatic carbocycles. The van der Waals surface area contributed by atoms with Crippen LogP contribution in [0.2, 0.25) is 0 Å². The van der Waals surface area contributed by atoms with E-state index in [1.807, 2.05) is 13.8 Å². The highest BCUT2D eigenvalue weighted by Gasteiger charge is 2.13. The van der Waals surface area contributed by atoms with Gasteiger partial charge in [0.2, 0.25) is 0 Å². The number of carbonyl (C=O) groups excluding carboxylic acids is 1. The Morgan fingerprint density at radius 2 is 2.00 bits per heavy atom. The summed E-state index contributed by atoms with van der Waals surface area (Å²) >= 11 is 3.41. The quantitative estimate of drug-likeness (QED) is 0.488. The van der Waals surface area contributed by atoms with Crippen LogP contribution in [0.1, 0.15) is 26.7 Å². The predicted molar refractivity (Wildman–Crippen MR) is 39.2 cm³/mol. The number of hydrogen-bond acceptors (Lipinski definition) is 3. The number of hydrogen-bond donors (Lipinski definition) is 1. The van der Waals surface area contributed by atoms with Gasteiger partial charge in [0, 0.05) is 12.9 Å². The summed E-state index contributed by atoms with van der Waals surface area (Å²) in [5, 5.41) is 0. The molecule has 0 fully saturated rings. The molecular formula is C6H12O2S. The zero-order chi connectivity index (χ0) is 7.28. The summed E-state index contributed by atoms with van der Waals surface area (Å²) < 4.78 is 4.25. The maximum absolute atomic E-state index is 10.7. The molecule has 0 N–H and O–H groups in total. The predicted octanol–water partition coefficient (Wildman–Crippen LogP) is 1.81. The Bertz CT molecular complexity index is 89.1. The zero-order valence-electron chi connectivity index (χ0n) is 5.76. The Kier molecular flexibility index (Phi) is 4.58. The topological polar surface area (TPSA) is 26.3 Å². The Morgan fingerprint density at radius 3 is 2.11 bits per heavy atom. The van der Waals surface area contributed by atoms with E-state index in [-0.39, 0.29) is 11.9 Å². The summed E-state index contributed by atoms with van der Waals surface area (Å²) in [6, 6.07) is 0. The first-order chi connectivity index (χ1) is 4.26. The van der Waals surface area contributed by atoms with Crippen molar-refractivity contribution in [1.29, 1.82) is 0 Å². The third-order valence-electron chi connectivity index (χ3n) is 1.41. The monoisotopic (exact) mass is 148 g/mol. The van der Waals surface area contributed by atoms with Crippen LogP contribution in [0.4, 0.5) is 0 Å². The Balaban J connectivity index is 3.64. The van der Waals surface area contributed by atoms with Gasteiger partial charge in [0.15, 0.2) is 0 Å². The molecular weight excluding hydrogens is 136 g/mol. The van der Waals surface area contributed by atoms with Crippen molar-refractivity contribution in [1.82, 2.24) is 0 Å². The Hall–Kier alpha value is -0.180. The molecule has 0 aromatic rings. The largest absolute Gasteiger partial charge is 0.394 e. The molecule has 0 radical (unpaired) electrons. The molecule has 9 heavy (non-hydrogen) atoms. The van der Waals surface area contributed by atoms with Gasteiger partial charge in [0.25, 0.3) is 0 Å². The first-order valence-corrected chi connectivity index (χ1v) is 3.48. The van der Waals surface area contributed by atoms with E-state index >= 15 is 0 Å². The van der Waals surface area contributed by atoms with E-state index in [9.17, 15) is 4.79 Å². The van der Waals surface area contributed by atoms with Crippen molar-refractivity contribution in [3.63, 3.8) is 0 Å². The van der Waals surface area contributed by atoms with Crippen molar-refractivity contribution in [3.05, 3.63) is 0 Å². The van der Waals surface area contributed by atoms with Crippen LogP contribution in [0.25, 0.3) is 0 Å². The van der Waals surface area contributed by atoms with Gasteiger partial charge in [0.1, 0.15) is 0 Å². The van der Waals surface area contributed by atoms with Crippen LogP contribution >= 0.6 is 12.9 Å². The van der Waals surface area contributed by atoms with E-state index in [4.69, 9.17) is 0 Å². The number of carbonyl (C=O) groups is 1. The lowest BCUT2D eigenvalue weighted by atomic mass is 10.0. The molecule has 0 aliphatic rings. The van der Waals surface area contributed by atoms with E-state index in [2.05, 4.69) is 17.1 Å². The summed E-state index contributed by atoms with van der Waals surface area (Å²) in [7, 11) is 0. The lowest BCUT2D eigenvalue weighted by Crippen LogP contribution is -2.11. The Morgan fingerprint density at radius 1 is 1.56 bits per heavy atom. The molecule has 3 heteroatoms. The average molecular weight is 148 g/mol. The fourth-order valence-electron chi connectivity index (χ4n) is 0.697. The molecule has 0 amide bonds. The lowest BCUT2D eigenvalue weighted by Gasteiger charge is -2.06. The first-order valence-electron chi connectivity index (χ1n) is 3.11. The first kappa shape index (κ1) is 8.82. The summed E-state index contributed by atoms with van der Waals surface area (Å²) in [5.74, 6) is -0.189. The van der Waals surface area contributed by atoms with Gasteiger partial charge in [-0.1, -0.05) is 13.8 Å². The van der Waals surface area contributed by atoms with Crippen LogP contribution in [0.3, 0.4) is 0 Å². The number of rotatable bonds is 3. The van der Waals surface area contributed by atoms with Gasteiger partial charge in [-0.15, -0.1) is 0 Å². The molecule has 0 spiro atoms. The van der Waals surface area contributed by atoms with Crippen molar-refractivity contribution in [2.45, 2.75) is 26.7 Å². The van der Waals surface area contributed by atoms with Gasteiger partial charge in [-0.05, 0) is 12.8 Å². The molecule has 54 valence electrons. The fraction of sp³-hybridized carbons (Fsp3) is 0.833. The van der Waals surface area contributed by atoms with Crippen LogP contribution in [-0.4, -0.2) is 5.97 Å². The van der Waals surface area contributed by atoms with Gasteiger partial charge in [-0.3, -0.25) is 4.79 Å². The third-order valence-corrected chi connectivity index (χ3v) is 1.59. The van der Waals surface area contributed by atoms with Gasteiger partial charge in [-0.25, -0.2) is 0 Å². The molecule has 0 aliphatic carbocycles. The van der Waals surface area contributed by atoms with Crippen molar-refractivity contribution >= 4 is 18.9 Å². The van der Waals surface area contributed by atoms with Crippen LogP contribution in [0, 0.1) is 5.92 Å². The van der Waals surface area contributed by atoms with Gasteiger partial charge in [-0.2, -0.15) is 0 Å². The molecule has 0 atom stereocenters. The summed E-state index contributed by atoms with van der Waals surface area (Å²) in [6.07, 6.45) is 1.66. The minimum atomic E-state index is -0.219. The van der Waals surface area contributed by atoms with Crippen LogP contribution in [-0.2, 0) is 8.98 Å². The lowest BCUT2D eigenvalue weighted by molar-refractivity contribution is -0.137. The second-order valence-corrected chi connectivity index (χ2v) is 2.11.